The summed E-state index contributed by atoms with van der Waals surface area (Å²) in [6, 6.07) is 11.8. The number of aryl methyl sites for hydroxylation is 2. The van der Waals surface area contributed by atoms with Gasteiger partial charge in [0.1, 0.15) is 6.54 Å². The van der Waals surface area contributed by atoms with Crippen molar-refractivity contribution in [1.82, 2.24) is 5.32 Å². The van der Waals surface area contributed by atoms with Gasteiger partial charge >= 0.3 is 0 Å². The van der Waals surface area contributed by atoms with Crippen molar-refractivity contribution >= 4 is 33.2 Å². The highest BCUT2D eigenvalue weighted by atomic mass is 32.2. The molecule has 0 heterocycles. The van der Waals surface area contributed by atoms with E-state index >= 15 is 0 Å². The molecular weight excluding hydrogens is 390 g/mol. The van der Waals surface area contributed by atoms with Crippen LogP contribution in [-0.2, 0) is 14.8 Å². The van der Waals surface area contributed by atoms with Crippen LogP contribution in [-0.4, -0.2) is 39.6 Å². The number of benzene rings is 2. The SMILES string of the molecule is CCCNC(=O)c1ccccc1NC(=O)CN(c1ccc(C)c(C)c1)S(C)(=O)=O. The van der Waals surface area contributed by atoms with E-state index in [2.05, 4.69) is 10.6 Å². The molecule has 29 heavy (non-hydrogen) atoms. The number of sulfonamides is 1. The van der Waals surface area contributed by atoms with Crippen LogP contribution in [0.25, 0.3) is 0 Å². The molecule has 2 amide bonds. The second-order valence-corrected chi connectivity index (χ2v) is 8.79. The van der Waals surface area contributed by atoms with E-state index in [1.54, 1.807) is 36.4 Å². The highest BCUT2D eigenvalue weighted by molar-refractivity contribution is 7.92. The largest absolute Gasteiger partial charge is 0.352 e. The number of carbonyl (C=O) groups is 2. The Hall–Kier alpha value is -2.87. The molecule has 0 unspecified atom stereocenters. The van der Waals surface area contributed by atoms with Crippen molar-refractivity contribution in [3.05, 3.63) is 59.2 Å². The third-order valence-corrected chi connectivity index (χ3v) is 5.59. The quantitative estimate of drug-likeness (QED) is 0.690. The van der Waals surface area contributed by atoms with Crippen LogP contribution in [0, 0.1) is 13.8 Å². The smallest absolute Gasteiger partial charge is 0.253 e. The van der Waals surface area contributed by atoms with Gasteiger partial charge in [-0.25, -0.2) is 8.42 Å². The fraction of sp³-hybridized carbons (Fsp3) is 0.333. The predicted octanol–water partition coefficient (Wildman–Crippen LogP) is 2.85. The van der Waals surface area contributed by atoms with Gasteiger partial charge in [-0.2, -0.15) is 0 Å². The Balaban J connectivity index is 2.24. The van der Waals surface area contributed by atoms with Crippen LogP contribution in [0.1, 0.15) is 34.8 Å². The third kappa shape index (κ3) is 6.05. The fourth-order valence-electron chi connectivity index (χ4n) is 2.72. The molecule has 0 saturated carbocycles. The molecule has 0 saturated heterocycles. The Morgan fingerprint density at radius 1 is 1.03 bits per heavy atom. The molecule has 7 nitrogen and oxygen atoms in total. The summed E-state index contributed by atoms with van der Waals surface area (Å²) < 4.78 is 25.6. The van der Waals surface area contributed by atoms with Gasteiger partial charge in [-0.1, -0.05) is 25.1 Å². The van der Waals surface area contributed by atoms with Crippen LogP contribution in [0.3, 0.4) is 0 Å². The average Bonchev–Trinajstić information content (AvgIpc) is 2.66. The van der Waals surface area contributed by atoms with Crippen LogP contribution in [0.4, 0.5) is 11.4 Å². The van der Waals surface area contributed by atoms with Crippen LogP contribution in [0.15, 0.2) is 42.5 Å². The molecule has 0 aromatic heterocycles. The van der Waals surface area contributed by atoms with Crippen LogP contribution in [0.2, 0.25) is 0 Å². The van der Waals surface area contributed by atoms with Gasteiger partial charge in [-0.15, -0.1) is 0 Å². The summed E-state index contributed by atoms with van der Waals surface area (Å²) in [4.78, 5) is 24.9. The van der Waals surface area contributed by atoms with Crippen molar-refractivity contribution in [2.24, 2.45) is 0 Å². The first kappa shape index (κ1) is 22.4. The van der Waals surface area contributed by atoms with Gasteiger partial charge in [0.15, 0.2) is 0 Å². The summed E-state index contributed by atoms with van der Waals surface area (Å²) in [6.45, 7) is 5.88. The minimum atomic E-state index is -3.68. The van der Waals surface area contributed by atoms with Gasteiger partial charge in [0, 0.05) is 6.54 Å². The van der Waals surface area contributed by atoms with Crippen LogP contribution >= 0.6 is 0 Å². The second kappa shape index (κ2) is 9.56. The molecule has 0 bridgehead atoms. The minimum Gasteiger partial charge on any atom is -0.352 e. The number of para-hydroxylation sites is 1. The van der Waals surface area contributed by atoms with E-state index in [9.17, 15) is 18.0 Å². The molecule has 2 aromatic rings. The molecule has 0 atom stereocenters. The maximum atomic E-state index is 12.6. The minimum absolute atomic E-state index is 0.295. The summed E-state index contributed by atoms with van der Waals surface area (Å²) in [6.07, 6.45) is 1.85. The Morgan fingerprint density at radius 3 is 2.34 bits per heavy atom. The third-order valence-electron chi connectivity index (χ3n) is 4.45. The number of hydrogen-bond acceptors (Lipinski definition) is 4. The van der Waals surface area contributed by atoms with Gasteiger partial charge in [0.25, 0.3) is 5.91 Å². The van der Waals surface area contributed by atoms with E-state index in [1.165, 1.54) is 0 Å². The highest BCUT2D eigenvalue weighted by Crippen LogP contribution is 2.22. The van der Waals surface area contributed by atoms with Crippen molar-refractivity contribution in [3.63, 3.8) is 0 Å². The van der Waals surface area contributed by atoms with E-state index < -0.39 is 22.5 Å². The number of rotatable bonds is 8. The maximum absolute atomic E-state index is 12.6. The normalized spacial score (nSPS) is 11.0. The Kier molecular flexibility index (Phi) is 7.39. The first-order valence-electron chi connectivity index (χ1n) is 9.35. The van der Waals surface area contributed by atoms with Crippen molar-refractivity contribution in [1.29, 1.82) is 0 Å². The summed E-state index contributed by atoms with van der Waals surface area (Å²) in [5.74, 6) is -0.832. The van der Waals surface area contributed by atoms with Crippen LogP contribution in [0.5, 0.6) is 0 Å². The van der Waals surface area contributed by atoms with E-state index in [4.69, 9.17) is 0 Å². The van der Waals surface area contributed by atoms with Crippen LogP contribution < -0.4 is 14.9 Å². The first-order valence-corrected chi connectivity index (χ1v) is 11.2. The molecule has 0 aliphatic rings. The number of carbonyl (C=O) groups excluding carboxylic acids is 2. The Bertz CT molecular complexity index is 1000. The molecule has 0 fully saturated rings. The fourth-order valence-corrected chi connectivity index (χ4v) is 3.57. The lowest BCUT2D eigenvalue weighted by Gasteiger charge is -2.23. The Labute approximate surface area is 172 Å². The maximum Gasteiger partial charge on any atom is 0.253 e. The standard InChI is InChI=1S/C21H27N3O4S/c1-5-12-22-21(26)18-8-6-7-9-19(18)23-20(25)14-24(29(4,27)28)17-11-10-15(2)16(3)13-17/h6-11,13H,5,12,14H2,1-4H3,(H,22,26)(H,23,25). The summed E-state index contributed by atoms with van der Waals surface area (Å²) >= 11 is 0. The zero-order valence-corrected chi connectivity index (χ0v) is 18.0. The van der Waals surface area contributed by atoms with Gasteiger partial charge in [0.2, 0.25) is 15.9 Å². The van der Waals surface area contributed by atoms with E-state index in [-0.39, 0.29) is 5.91 Å². The predicted molar refractivity (Wildman–Crippen MR) is 116 cm³/mol. The average molecular weight is 418 g/mol. The van der Waals surface area contributed by atoms with Crippen molar-refractivity contribution < 1.29 is 18.0 Å². The van der Waals surface area contributed by atoms with Crippen molar-refractivity contribution in [2.45, 2.75) is 27.2 Å². The highest BCUT2D eigenvalue weighted by Gasteiger charge is 2.22. The van der Waals surface area contributed by atoms with Crippen molar-refractivity contribution in [2.75, 3.05) is 29.0 Å². The monoisotopic (exact) mass is 417 g/mol. The summed E-state index contributed by atoms with van der Waals surface area (Å²) in [5.41, 5.74) is 3.03. The molecule has 2 rings (SSSR count). The summed E-state index contributed by atoms with van der Waals surface area (Å²) in [5, 5.41) is 5.43. The van der Waals surface area contributed by atoms with E-state index in [0.717, 1.165) is 28.1 Å². The van der Waals surface area contributed by atoms with E-state index in [1.807, 2.05) is 26.8 Å². The molecule has 0 radical (unpaired) electrons. The second-order valence-electron chi connectivity index (χ2n) is 6.89. The molecule has 0 aliphatic carbocycles. The number of nitrogens with one attached hydrogen (secondary N) is 2. The molecular formula is C21H27N3O4S. The number of hydrogen-bond donors (Lipinski definition) is 2. The lowest BCUT2D eigenvalue weighted by atomic mass is 10.1. The number of anilines is 2. The lowest BCUT2D eigenvalue weighted by molar-refractivity contribution is -0.114. The summed E-state index contributed by atoms with van der Waals surface area (Å²) in [7, 11) is -3.68. The van der Waals surface area contributed by atoms with Gasteiger partial charge < -0.3 is 10.6 Å². The zero-order valence-electron chi connectivity index (χ0n) is 17.2. The topological polar surface area (TPSA) is 95.6 Å². The number of nitrogens with zero attached hydrogens (tertiary/aromatic N) is 1. The molecule has 0 aliphatic heterocycles. The molecule has 2 N–H and O–H groups in total. The molecule has 156 valence electrons. The number of amides is 2. The molecule has 8 heteroatoms. The van der Waals surface area contributed by atoms with Crippen molar-refractivity contribution in [3.8, 4) is 0 Å². The van der Waals surface area contributed by atoms with Gasteiger partial charge in [-0.05, 0) is 55.7 Å². The zero-order chi connectivity index (χ0) is 21.6. The molecule has 2 aromatic carbocycles. The lowest BCUT2D eigenvalue weighted by Crippen LogP contribution is -2.37. The van der Waals surface area contributed by atoms with Gasteiger partial charge in [-0.3, -0.25) is 13.9 Å². The molecule has 0 spiro atoms. The van der Waals surface area contributed by atoms with Gasteiger partial charge in [0.05, 0.1) is 23.2 Å². The van der Waals surface area contributed by atoms with E-state index in [0.29, 0.717) is 23.5 Å². The first-order chi connectivity index (χ1) is 13.6. The Morgan fingerprint density at radius 2 is 1.72 bits per heavy atom.